The van der Waals surface area contributed by atoms with E-state index in [1.165, 1.54) is 0 Å². The third kappa shape index (κ3) is 1.49. The average molecular weight is 167 g/mol. The molecule has 1 aromatic heterocycles. The van der Waals surface area contributed by atoms with Gasteiger partial charge in [-0.1, -0.05) is 13.8 Å². The smallest absolute Gasteiger partial charge is 0.133 e. The lowest BCUT2D eigenvalue weighted by molar-refractivity contribution is 0.331. The van der Waals surface area contributed by atoms with Gasteiger partial charge in [-0.25, -0.2) is 0 Å². The van der Waals surface area contributed by atoms with Gasteiger partial charge in [-0.3, -0.25) is 0 Å². The van der Waals surface area contributed by atoms with Crippen LogP contribution in [0.3, 0.4) is 0 Å². The van der Waals surface area contributed by atoms with Crippen LogP contribution in [0.5, 0.6) is 0 Å². The van der Waals surface area contributed by atoms with Crippen molar-refractivity contribution in [3.63, 3.8) is 0 Å². The summed E-state index contributed by atoms with van der Waals surface area (Å²) in [5.41, 5.74) is 0.148. The largest absolute Gasteiger partial charge is 0.312 e. The minimum Gasteiger partial charge on any atom is -0.312 e. The number of aryl methyl sites for hydroxylation is 1. The molecule has 0 fully saturated rings. The summed E-state index contributed by atoms with van der Waals surface area (Å²) < 4.78 is 2.16. The van der Waals surface area contributed by atoms with Crippen molar-refractivity contribution in [2.45, 2.75) is 46.1 Å². The van der Waals surface area contributed by atoms with Crippen LogP contribution in [-0.4, -0.2) is 14.8 Å². The van der Waals surface area contributed by atoms with Crippen LogP contribution in [0.25, 0.3) is 0 Å². The van der Waals surface area contributed by atoms with E-state index in [9.17, 15) is 0 Å². The maximum atomic E-state index is 4.06. The molecule has 0 unspecified atom stereocenters. The van der Waals surface area contributed by atoms with Crippen LogP contribution in [0.2, 0.25) is 0 Å². The Kier molecular flexibility index (Phi) is 2.50. The molecule has 0 atom stereocenters. The van der Waals surface area contributed by atoms with E-state index in [0.29, 0.717) is 0 Å². The average Bonchev–Trinajstić information content (AvgIpc) is 2.52. The maximum Gasteiger partial charge on any atom is 0.133 e. The zero-order chi connectivity index (χ0) is 9.19. The molecule has 0 bridgehead atoms. The first-order valence-electron chi connectivity index (χ1n) is 4.51. The first-order valence-corrected chi connectivity index (χ1v) is 4.51. The molecule has 0 saturated carbocycles. The highest BCUT2D eigenvalue weighted by Gasteiger charge is 2.19. The van der Waals surface area contributed by atoms with Gasteiger partial charge in [0.1, 0.15) is 12.2 Å². The van der Waals surface area contributed by atoms with Crippen LogP contribution in [-0.2, 0) is 12.0 Å². The molecule has 1 rings (SSSR count). The van der Waals surface area contributed by atoms with E-state index in [1.54, 1.807) is 0 Å². The highest BCUT2D eigenvalue weighted by Crippen LogP contribution is 2.20. The number of rotatable bonds is 3. The number of hydrogen-bond donors (Lipinski definition) is 0. The predicted molar refractivity (Wildman–Crippen MR) is 49.0 cm³/mol. The fraction of sp³-hybridized carbons (Fsp3) is 0.778. The van der Waals surface area contributed by atoms with Gasteiger partial charge in [0.05, 0.1) is 0 Å². The Morgan fingerprint density at radius 2 is 2.08 bits per heavy atom. The van der Waals surface area contributed by atoms with Gasteiger partial charge in [-0.05, 0) is 20.3 Å². The molecule has 0 aliphatic rings. The Balaban J connectivity index is 3.00. The fourth-order valence-corrected chi connectivity index (χ4v) is 1.18. The molecule has 68 valence electrons. The summed E-state index contributed by atoms with van der Waals surface area (Å²) in [7, 11) is 0. The van der Waals surface area contributed by atoms with Crippen molar-refractivity contribution >= 4 is 0 Å². The maximum absolute atomic E-state index is 4.06. The van der Waals surface area contributed by atoms with Crippen molar-refractivity contribution in [1.82, 2.24) is 14.8 Å². The first kappa shape index (κ1) is 9.23. The summed E-state index contributed by atoms with van der Waals surface area (Å²) in [6.45, 7) is 8.69. The molecule has 0 spiro atoms. The quantitative estimate of drug-likeness (QED) is 0.689. The molecule has 1 aromatic rings. The second kappa shape index (κ2) is 3.25. The van der Waals surface area contributed by atoms with Gasteiger partial charge in [-0.15, -0.1) is 10.2 Å². The number of hydrogen-bond acceptors (Lipinski definition) is 2. The van der Waals surface area contributed by atoms with Gasteiger partial charge < -0.3 is 4.57 Å². The van der Waals surface area contributed by atoms with Crippen LogP contribution in [0.4, 0.5) is 0 Å². The van der Waals surface area contributed by atoms with Crippen LogP contribution in [0.15, 0.2) is 6.33 Å². The third-order valence-electron chi connectivity index (χ3n) is 2.45. The molecule has 0 aliphatic carbocycles. The van der Waals surface area contributed by atoms with Crippen molar-refractivity contribution in [2.75, 3.05) is 0 Å². The summed E-state index contributed by atoms with van der Waals surface area (Å²) >= 11 is 0. The summed E-state index contributed by atoms with van der Waals surface area (Å²) in [5.74, 6) is 1.07. The molecule has 0 radical (unpaired) electrons. The molecular weight excluding hydrogens is 150 g/mol. The fourth-order valence-electron chi connectivity index (χ4n) is 1.18. The second-order valence-corrected chi connectivity index (χ2v) is 3.64. The van der Waals surface area contributed by atoms with Crippen molar-refractivity contribution in [1.29, 1.82) is 0 Å². The highest BCUT2D eigenvalue weighted by atomic mass is 15.3. The van der Waals surface area contributed by atoms with E-state index in [-0.39, 0.29) is 5.54 Å². The Morgan fingerprint density at radius 3 is 2.58 bits per heavy atom. The molecule has 12 heavy (non-hydrogen) atoms. The van der Waals surface area contributed by atoms with E-state index in [1.807, 2.05) is 6.33 Å². The predicted octanol–water partition coefficient (Wildman–Crippen LogP) is 1.99. The Hall–Kier alpha value is -0.860. The van der Waals surface area contributed by atoms with Gasteiger partial charge in [0.2, 0.25) is 0 Å². The third-order valence-corrected chi connectivity index (χ3v) is 2.45. The molecule has 3 nitrogen and oxygen atoms in total. The van der Waals surface area contributed by atoms with Crippen molar-refractivity contribution in [2.24, 2.45) is 0 Å². The van der Waals surface area contributed by atoms with Crippen LogP contribution in [0, 0.1) is 0 Å². The van der Waals surface area contributed by atoms with Gasteiger partial charge in [0, 0.05) is 12.0 Å². The van der Waals surface area contributed by atoms with E-state index < -0.39 is 0 Å². The minimum absolute atomic E-state index is 0.148. The second-order valence-electron chi connectivity index (χ2n) is 3.64. The zero-order valence-electron chi connectivity index (χ0n) is 8.33. The van der Waals surface area contributed by atoms with Gasteiger partial charge in [0.15, 0.2) is 0 Å². The van der Waals surface area contributed by atoms with Crippen molar-refractivity contribution in [3.05, 3.63) is 12.2 Å². The lowest BCUT2D eigenvalue weighted by atomic mass is 10.0. The van der Waals surface area contributed by atoms with Crippen LogP contribution >= 0.6 is 0 Å². The SMILES string of the molecule is CCc1nncn1C(C)(C)CC. The summed E-state index contributed by atoms with van der Waals surface area (Å²) in [4.78, 5) is 0. The molecule has 0 aromatic carbocycles. The number of nitrogens with zero attached hydrogens (tertiary/aromatic N) is 3. The summed E-state index contributed by atoms with van der Waals surface area (Å²) in [6.07, 6.45) is 3.86. The molecule has 1 heterocycles. The molecule has 0 aliphatic heterocycles. The number of aromatic nitrogens is 3. The minimum atomic E-state index is 0.148. The molecular formula is C9H17N3. The van der Waals surface area contributed by atoms with E-state index >= 15 is 0 Å². The van der Waals surface area contributed by atoms with E-state index in [0.717, 1.165) is 18.7 Å². The molecule has 3 heteroatoms. The Labute approximate surface area is 73.8 Å². The van der Waals surface area contributed by atoms with Crippen LogP contribution in [0.1, 0.15) is 39.9 Å². The topological polar surface area (TPSA) is 30.7 Å². The monoisotopic (exact) mass is 167 g/mol. The standard InChI is InChI=1S/C9H17N3/c1-5-8-11-10-7-12(8)9(3,4)6-2/h7H,5-6H2,1-4H3. The van der Waals surface area contributed by atoms with Gasteiger partial charge in [-0.2, -0.15) is 0 Å². The molecule has 0 N–H and O–H groups in total. The lowest BCUT2D eigenvalue weighted by Crippen LogP contribution is -2.26. The normalized spacial score (nSPS) is 12.0. The Morgan fingerprint density at radius 1 is 1.42 bits per heavy atom. The Bertz CT molecular complexity index is 250. The van der Waals surface area contributed by atoms with Crippen molar-refractivity contribution < 1.29 is 0 Å². The summed E-state index contributed by atoms with van der Waals surface area (Å²) in [5, 5.41) is 7.98. The van der Waals surface area contributed by atoms with Crippen LogP contribution < -0.4 is 0 Å². The van der Waals surface area contributed by atoms with Gasteiger partial charge in [0.25, 0.3) is 0 Å². The lowest BCUT2D eigenvalue weighted by Gasteiger charge is -2.25. The van der Waals surface area contributed by atoms with E-state index in [2.05, 4.69) is 42.5 Å². The zero-order valence-corrected chi connectivity index (χ0v) is 8.33. The van der Waals surface area contributed by atoms with E-state index in [4.69, 9.17) is 0 Å². The highest BCUT2D eigenvalue weighted by molar-refractivity contribution is 4.92. The summed E-state index contributed by atoms with van der Waals surface area (Å²) in [6, 6.07) is 0. The molecule has 0 amide bonds. The molecule has 0 saturated heterocycles. The van der Waals surface area contributed by atoms with Gasteiger partial charge >= 0.3 is 0 Å². The first-order chi connectivity index (χ1) is 5.61. The van der Waals surface area contributed by atoms with Crippen molar-refractivity contribution in [3.8, 4) is 0 Å².